The van der Waals surface area contributed by atoms with Crippen LogP contribution in [0, 0.1) is 6.92 Å². The molecular formula is C20H27N3S2. The van der Waals surface area contributed by atoms with Crippen LogP contribution in [0.3, 0.4) is 0 Å². The van der Waals surface area contributed by atoms with Crippen molar-refractivity contribution in [2.45, 2.75) is 32.7 Å². The first-order valence-electron chi connectivity index (χ1n) is 9.08. The molecule has 0 atom stereocenters. The van der Waals surface area contributed by atoms with Gasteiger partial charge in [-0.25, -0.2) is 0 Å². The molecule has 2 heterocycles. The van der Waals surface area contributed by atoms with Gasteiger partial charge in [-0.1, -0.05) is 18.2 Å². The molecule has 0 saturated carbocycles. The molecule has 5 heteroatoms. The number of benzene rings is 1. The van der Waals surface area contributed by atoms with Gasteiger partial charge in [0.1, 0.15) is 0 Å². The minimum absolute atomic E-state index is 0.820. The third-order valence-corrected chi connectivity index (χ3v) is 5.81. The molecule has 0 amide bonds. The fourth-order valence-corrected chi connectivity index (χ4v) is 4.25. The fraction of sp³-hybridized carbons (Fsp3) is 0.450. The molecule has 2 aromatic rings. The summed E-state index contributed by atoms with van der Waals surface area (Å²) in [5.41, 5.74) is 2.31. The average Bonchev–Trinajstić information content (AvgIpc) is 3.27. The van der Waals surface area contributed by atoms with E-state index in [0.29, 0.717) is 0 Å². The lowest BCUT2D eigenvalue weighted by Gasteiger charge is -2.26. The van der Waals surface area contributed by atoms with E-state index >= 15 is 0 Å². The quantitative estimate of drug-likeness (QED) is 0.706. The number of nitrogens with one attached hydrogen (secondary N) is 1. The second kappa shape index (κ2) is 9.32. The number of anilines is 1. The summed E-state index contributed by atoms with van der Waals surface area (Å²) in [5, 5.41) is 6.38. The van der Waals surface area contributed by atoms with Crippen LogP contribution in [0.4, 0.5) is 5.69 Å². The number of nitrogens with zero attached hydrogens (tertiary/aromatic N) is 2. The number of likely N-dealkylation sites (tertiary alicyclic amines) is 1. The second-order valence-electron chi connectivity index (χ2n) is 6.70. The van der Waals surface area contributed by atoms with Crippen LogP contribution in [0.5, 0.6) is 0 Å². The van der Waals surface area contributed by atoms with E-state index in [-0.39, 0.29) is 0 Å². The molecule has 1 aliphatic heterocycles. The summed E-state index contributed by atoms with van der Waals surface area (Å²) in [7, 11) is 0. The molecule has 0 bridgehead atoms. The highest BCUT2D eigenvalue weighted by Crippen LogP contribution is 2.16. The van der Waals surface area contributed by atoms with Crippen molar-refractivity contribution >= 4 is 34.4 Å². The molecule has 0 radical (unpaired) electrons. The van der Waals surface area contributed by atoms with Crippen molar-refractivity contribution in [2.75, 3.05) is 31.5 Å². The number of aryl methyl sites for hydroxylation is 1. The first kappa shape index (κ1) is 18.4. The van der Waals surface area contributed by atoms with Gasteiger partial charge in [-0.2, -0.15) is 0 Å². The van der Waals surface area contributed by atoms with E-state index in [2.05, 4.69) is 63.8 Å². The summed E-state index contributed by atoms with van der Waals surface area (Å²) in [5.74, 6) is 0. The lowest BCUT2D eigenvalue weighted by molar-refractivity contribution is 0.307. The summed E-state index contributed by atoms with van der Waals surface area (Å²) < 4.78 is 0. The van der Waals surface area contributed by atoms with E-state index in [4.69, 9.17) is 12.2 Å². The van der Waals surface area contributed by atoms with Crippen LogP contribution < -0.4 is 5.32 Å². The first-order chi connectivity index (χ1) is 12.2. The number of thiophene rings is 1. The third-order valence-electron chi connectivity index (χ3n) is 4.58. The van der Waals surface area contributed by atoms with Crippen molar-refractivity contribution in [2.24, 2.45) is 0 Å². The Hall–Kier alpha value is -1.43. The normalized spacial score (nSPS) is 14.6. The summed E-state index contributed by atoms with van der Waals surface area (Å²) in [4.78, 5) is 6.23. The van der Waals surface area contributed by atoms with Gasteiger partial charge in [0.25, 0.3) is 0 Å². The van der Waals surface area contributed by atoms with Crippen LogP contribution in [-0.4, -0.2) is 41.1 Å². The van der Waals surface area contributed by atoms with Crippen LogP contribution in [0.15, 0.2) is 41.8 Å². The van der Waals surface area contributed by atoms with Gasteiger partial charge >= 0.3 is 0 Å². The Morgan fingerprint density at radius 2 is 2.08 bits per heavy atom. The largest absolute Gasteiger partial charge is 0.344 e. The Morgan fingerprint density at radius 3 is 2.80 bits per heavy atom. The Kier molecular flexibility index (Phi) is 6.84. The molecule has 3 rings (SSSR count). The molecule has 1 aromatic heterocycles. The van der Waals surface area contributed by atoms with Crippen molar-refractivity contribution in [3.05, 3.63) is 52.2 Å². The third kappa shape index (κ3) is 5.80. The maximum atomic E-state index is 5.73. The van der Waals surface area contributed by atoms with Gasteiger partial charge < -0.3 is 15.1 Å². The van der Waals surface area contributed by atoms with Crippen molar-refractivity contribution in [3.8, 4) is 0 Å². The summed E-state index contributed by atoms with van der Waals surface area (Å²) >= 11 is 7.52. The van der Waals surface area contributed by atoms with E-state index in [1.807, 2.05) is 0 Å². The number of hydrogen-bond acceptors (Lipinski definition) is 3. The molecule has 0 spiro atoms. The van der Waals surface area contributed by atoms with Gasteiger partial charge in [0.2, 0.25) is 0 Å². The predicted octanol–water partition coefficient (Wildman–Crippen LogP) is 4.74. The Morgan fingerprint density at radius 1 is 1.24 bits per heavy atom. The molecule has 1 aromatic carbocycles. The van der Waals surface area contributed by atoms with E-state index in [9.17, 15) is 0 Å². The zero-order valence-corrected chi connectivity index (χ0v) is 16.5. The highest BCUT2D eigenvalue weighted by Gasteiger charge is 2.14. The fourth-order valence-electron chi connectivity index (χ4n) is 3.26. The van der Waals surface area contributed by atoms with Crippen LogP contribution >= 0.6 is 23.6 Å². The van der Waals surface area contributed by atoms with Gasteiger partial charge in [-0.15, -0.1) is 11.3 Å². The van der Waals surface area contributed by atoms with Gasteiger partial charge in [-0.3, -0.25) is 0 Å². The van der Waals surface area contributed by atoms with Crippen LogP contribution in [-0.2, 0) is 6.54 Å². The minimum atomic E-state index is 0.820. The molecule has 134 valence electrons. The number of rotatable bonds is 7. The molecule has 0 aliphatic carbocycles. The maximum Gasteiger partial charge on any atom is 0.173 e. The van der Waals surface area contributed by atoms with Crippen molar-refractivity contribution < 1.29 is 0 Å². The topological polar surface area (TPSA) is 18.5 Å². The minimum Gasteiger partial charge on any atom is -0.344 e. The predicted molar refractivity (Wildman–Crippen MR) is 112 cm³/mol. The number of thiocarbonyl (C=S) groups is 1. The maximum absolute atomic E-state index is 5.73. The zero-order valence-electron chi connectivity index (χ0n) is 14.9. The van der Waals surface area contributed by atoms with E-state index in [1.165, 1.54) is 42.9 Å². The second-order valence-corrected chi connectivity index (χ2v) is 8.12. The summed E-state index contributed by atoms with van der Waals surface area (Å²) in [6.07, 6.45) is 3.86. The van der Waals surface area contributed by atoms with Gasteiger partial charge in [0.15, 0.2) is 5.11 Å². The molecule has 1 aliphatic rings. The number of hydrogen-bond donors (Lipinski definition) is 1. The smallest absolute Gasteiger partial charge is 0.173 e. The van der Waals surface area contributed by atoms with E-state index < -0.39 is 0 Å². The first-order valence-corrected chi connectivity index (χ1v) is 10.4. The molecule has 1 fully saturated rings. The van der Waals surface area contributed by atoms with Crippen LogP contribution in [0.1, 0.15) is 29.7 Å². The molecule has 0 unspecified atom stereocenters. The SMILES string of the molecule is Cc1cccc(NC(=S)N(CCCN2CCCC2)Cc2cccs2)c1. The highest BCUT2D eigenvalue weighted by molar-refractivity contribution is 7.80. The zero-order chi connectivity index (χ0) is 17.5. The Labute approximate surface area is 160 Å². The van der Waals surface area contributed by atoms with Gasteiger partial charge in [-0.05, 0) is 87.2 Å². The van der Waals surface area contributed by atoms with Crippen molar-refractivity contribution in [1.82, 2.24) is 9.80 Å². The molecule has 1 N–H and O–H groups in total. The van der Waals surface area contributed by atoms with Crippen LogP contribution in [0.2, 0.25) is 0 Å². The Balaban J connectivity index is 1.58. The lowest BCUT2D eigenvalue weighted by atomic mass is 10.2. The van der Waals surface area contributed by atoms with Crippen LogP contribution in [0.25, 0.3) is 0 Å². The molecular weight excluding hydrogens is 346 g/mol. The molecule has 1 saturated heterocycles. The van der Waals surface area contributed by atoms with Gasteiger partial charge in [0.05, 0.1) is 6.54 Å². The highest BCUT2D eigenvalue weighted by atomic mass is 32.1. The van der Waals surface area contributed by atoms with Crippen molar-refractivity contribution in [3.63, 3.8) is 0 Å². The lowest BCUT2D eigenvalue weighted by Crippen LogP contribution is -2.36. The van der Waals surface area contributed by atoms with E-state index in [1.54, 1.807) is 11.3 Å². The summed E-state index contributed by atoms with van der Waals surface area (Å²) in [6.45, 7) is 7.68. The standard InChI is InChI=1S/C20H27N3S2/c1-17-7-4-8-18(15-17)21-20(24)23(16-19-9-5-14-25-19)13-6-12-22-10-2-3-11-22/h4-5,7-9,14-15H,2-3,6,10-13,16H2,1H3,(H,21,24). The molecule has 3 nitrogen and oxygen atoms in total. The average molecular weight is 374 g/mol. The molecule has 25 heavy (non-hydrogen) atoms. The van der Waals surface area contributed by atoms with Crippen molar-refractivity contribution in [1.29, 1.82) is 0 Å². The Bertz CT molecular complexity index is 663. The van der Waals surface area contributed by atoms with Gasteiger partial charge in [0, 0.05) is 17.1 Å². The monoisotopic (exact) mass is 373 g/mol. The van der Waals surface area contributed by atoms with E-state index in [0.717, 1.165) is 30.3 Å². The summed E-state index contributed by atoms with van der Waals surface area (Å²) in [6, 6.07) is 12.7.